The molecule has 0 atom stereocenters. The number of Topliss-reactive ketones (excluding diaryl/α,β-unsaturated/α-hetero) is 1. The first-order valence-electron chi connectivity index (χ1n) is 5.37. The van der Waals surface area contributed by atoms with E-state index < -0.39 is 0 Å². The van der Waals surface area contributed by atoms with Crippen LogP contribution >= 0.6 is 15.9 Å². The Hall–Kier alpha value is -1.69. The first-order chi connectivity index (χ1) is 8.50. The second-order valence-electron chi connectivity index (χ2n) is 3.97. The van der Waals surface area contributed by atoms with Crippen LogP contribution in [0.4, 0.5) is 0 Å². The summed E-state index contributed by atoms with van der Waals surface area (Å²) in [6.07, 6.45) is 3.24. The molecule has 2 aromatic rings. The van der Waals surface area contributed by atoms with Crippen molar-refractivity contribution in [3.05, 3.63) is 50.9 Å². The lowest BCUT2D eigenvalue weighted by Crippen LogP contribution is -2.28. The molecule has 0 aliphatic carbocycles. The number of aryl methyl sites for hydroxylation is 2. The highest BCUT2D eigenvalue weighted by Crippen LogP contribution is 2.05. The smallest absolute Gasteiger partial charge is 0.268 e. The highest BCUT2D eigenvalue weighted by atomic mass is 79.9. The SMILES string of the molecule is Cc1ncc(Br)c(=O)n1CC(=O)c1cccn1C. The summed E-state index contributed by atoms with van der Waals surface area (Å²) in [5, 5.41) is 0. The van der Waals surface area contributed by atoms with Crippen molar-refractivity contribution in [2.24, 2.45) is 7.05 Å². The average molecular weight is 310 g/mol. The Bertz CT molecular complexity index is 658. The number of nitrogens with zero attached hydrogens (tertiary/aromatic N) is 3. The number of rotatable bonds is 3. The van der Waals surface area contributed by atoms with E-state index in [4.69, 9.17) is 0 Å². The van der Waals surface area contributed by atoms with E-state index in [0.29, 0.717) is 16.0 Å². The third-order valence-electron chi connectivity index (χ3n) is 2.74. The van der Waals surface area contributed by atoms with Crippen LogP contribution in [-0.2, 0) is 13.6 Å². The highest BCUT2D eigenvalue weighted by molar-refractivity contribution is 9.10. The Balaban J connectivity index is 2.36. The summed E-state index contributed by atoms with van der Waals surface area (Å²) in [6.45, 7) is 1.70. The fourth-order valence-corrected chi connectivity index (χ4v) is 2.03. The van der Waals surface area contributed by atoms with Gasteiger partial charge in [0.25, 0.3) is 5.56 Å². The van der Waals surface area contributed by atoms with Gasteiger partial charge in [0.2, 0.25) is 0 Å². The first-order valence-corrected chi connectivity index (χ1v) is 6.16. The predicted octanol–water partition coefficient (Wildman–Crippen LogP) is 1.54. The van der Waals surface area contributed by atoms with E-state index in [1.807, 2.05) is 0 Å². The molecule has 0 spiro atoms. The van der Waals surface area contributed by atoms with Crippen LogP contribution in [0.3, 0.4) is 0 Å². The van der Waals surface area contributed by atoms with Gasteiger partial charge in [0.1, 0.15) is 10.3 Å². The van der Waals surface area contributed by atoms with Gasteiger partial charge < -0.3 is 4.57 Å². The van der Waals surface area contributed by atoms with Crippen LogP contribution in [-0.4, -0.2) is 19.9 Å². The van der Waals surface area contributed by atoms with E-state index in [0.717, 1.165) is 0 Å². The third kappa shape index (κ3) is 2.28. The summed E-state index contributed by atoms with van der Waals surface area (Å²) < 4.78 is 3.45. The molecule has 0 N–H and O–H groups in total. The van der Waals surface area contributed by atoms with E-state index in [2.05, 4.69) is 20.9 Å². The molecular weight excluding hydrogens is 298 g/mol. The zero-order valence-corrected chi connectivity index (χ0v) is 11.6. The van der Waals surface area contributed by atoms with Gasteiger partial charge in [-0.05, 0) is 35.0 Å². The van der Waals surface area contributed by atoms with E-state index in [-0.39, 0.29) is 17.9 Å². The van der Waals surface area contributed by atoms with Gasteiger partial charge in [0.15, 0.2) is 5.78 Å². The van der Waals surface area contributed by atoms with Crippen molar-refractivity contribution in [2.75, 3.05) is 0 Å². The molecule has 6 heteroatoms. The molecule has 0 unspecified atom stereocenters. The average Bonchev–Trinajstić information content (AvgIpc) is 2.76. The summed E-state index contributed by atoms with van der Waals surface area (Å²) in [6, 6.07) is 3.52. The normalized spacial score (nSPS) is 10.6. The van der Waals surface area contributed by atoms with Crippen molar-refractivity contribution >= 4 is 21.7 Å². The number of ketones is 1. The van der Waals surface area contributed by atoms with Gasteiger partial charge in [0, 0.05) is 19.4 Å². The highest BCUT2D eigenvalue weighted by Gasteiger charge is 2.13. The first kappa shape index (κ1) is 12.8. The van der Waals surface area contributed by atoms with Crippen molar-refractivity contribution < 1.29 is 4.79 Å². The largest absolute Gasteiger partial charge is 0.348 e. The molecular formula is C12H12BrN3O2. The van der Waals surface area contributed by atoms with Crippen molar-refractivity contribution in [1.82, 2.24) is 14.1 Å². The van der Waals surface area contributed by atoms with Crippen LogP contribution in [0.5, 0.6) is 0 Å². The van der Waals surface area contributed by atoms with E-state index in [1.165, 1.54) is 10.8 Å². The fraction of sp³-hybridized carbons (Fsp3) is 0.250. The van der Waals surface area contributed by atoms with Gasteiger partial charge in [-0.15, -0.1) is 0 Å². The van der Waals surface area contributed by atoms with Gasteiger partial charge in [-0.1, -0.05) is 0 Å². The van der Waals surface area contributed by atoms with Gasteiger partial charge >= 0.3 is 0 Å². The van der Waals surface area contributed by atoms with Crippen LogP contribution in [0.15, 0.2) is 33.8 Å². The van der Waals surface area contributed by atoms with Crippen molar-refractivity contribution in [3.8, 4) is 0 Å². The maximum Gasteiger partial charge on any atom is 0.268 e. The molecule has 0 fully saturated rings. The van der Waals surface area contributed by atoms with E-state index in [1.54, 1.807) is 36.9 Å². The Morgan fingerprint density at radius 1 is 1.50 bits per heavy atom. The van der Waals surface area contributed by atoms with Crippen LogP contribution in [0, 0.1) is 6.92 Å². The quantitative estimate of drug-likeness (QED) is 0.808. The number of hydrogen-bond donors (Lipinski definition) is 0. The standard InChI is InChI=1S/C12H12BrN3O2/c1-8-14-6-9(13)12(18)16(8)7-11(17)10-4-3-5-15(10)2/h3-6H,7H2,1-2H3. The zero-order chi connectivity index (χ0) is 13.3. The Kier molecular flexibility index (Phi) is 3.47. The molecule has 2 rings (SSSR count). The molecule has 0 radical (unpaired) electrons. The van der Waals surface area contributed by atoms with Crippen LogP contribution in [0.1, 0.15) is 16.3 Å². The molecule has 0 aromatic carbocycles. The van der Waals surface area contributed by atoms with Crippen LogP contribution in [0.25, 0.3) is 0 Å². The molecule has 0 aliphatic rings. The molecule has 5 nitrogen and oxygen atoms in total. The monoisotopic (exact) mass is 309 g/mol. The van der Waals surface area contributed by atoms with Crippen LogP contribution < -0.4 is 5.56 Å². The zero-order valence-electron chi connectivity index (χ0n) is 10.1. The predicted molar refractivity (Wildman–Crippen MR) is 70.7 cm³/mol. The maximum atomic E-state index is 12.1. The minimum atomic E-state index is -0.245. The lowest BCUT2D eigenvalue weighted by molar-refractivity contribution is 0.0961. The topological polar surface area (TPSA) is 56.9 Å². The summed E-state index contributed by atoms with van der Waals surface area (Å²) in [5.41, 5.74) is 0.325. The summed E-state index contributed by atoms with van der Waals surface area (Å²) in [4.78, 5) is 28.0. The summed E-state index contributed by atoms with van der Waals surface area (Å²) in [7, 11) is 1.79. The molecule has 0 saturated heterocycles. The molecule has 2 aromatic heterocycles. The van der Waals surface area contributed by atoms with Gasteiger partial charge in [-0.25, -0.2) is 4.98 Å². The Morgan fingerprint density at radius 2 is 2.22 bits per heavy atom. The molecule has 0 bridgehead atoms. The van der Waals surface area contributed by atoms with Crippen molar-refractivity contribution in [1.29, 1.82) is 0 Å². The molecule has 94 valence electrons. The number of hydrogen-bond acceptors (Lipinski definition) is 3. The number of carbonyl (C=O) groups excluding carboxylic acids is 1. The van der Waals surface area contributed by atoms with E-state index >= 15 is 0 Å². The summed E-state index contributed by atoms with van der Waals surface area (Å²) >= 11 is 3.12. The Labute approximate surface area is 112 Å². The Morgan fingerprint density at radius 3 is 2.83 bits per heavy atom. The number of halogens is 1. The summed E-state index contributed by atoms with van der Waals surface area (Å²) in [5.74, 6) is 0.401. The number of aromatic nitrogens is 3. The second kappa shape index (κ2) is 4.89. The number of carbonyl (C=O) groups is 1. The van der Waals surface area contributed by atoms with Gasteiger partial charge in [0.05, 0.1) is 12.2 Å². The third-order valence-corrected chi connectivity index (χ3v) is 3.28. The van der Waals surface area contributed by atoms with E-state index in [9.17, 15) is 9.59 Å². The van der Waals surface area contributed by atoms with Gasteiger partial charge in [-0.2, -0.15) is 0 Å². The van der Waals surface area contributed by atoms with Crippen LogP contribution in [0.2, 0.25) is 0 Å². The molecule has 0 aliphatic heterocycles. The second-order valence-corrected chi connectivity index (χ2v) is 4.83. The molecule has 18 heavy (non-hydrogen) atoms. The lowest BCUT2D eigenvalue weighted by atomic mass is 10.3. The molecule has 0 saturated carbocycles. The molecule has 2 heterocycles. The fourth-order valence-electron chi connectivity index (χ4n) is 1.71. The minimum absolute atomic E-state index is 0.00500. The van der Waals surface area contributed by atoms with Gasteiger partial charge in [-0.3, -0.25) is 14.2 Å². The van der Waals surface area contributed by atoms with Crippen molar-refractivity contribution in [2.45, 2.75) is 13.5 Å². The molecule has 0 amide bonds. The maximum absolute atomic E-state index is 12.1. The lowest BCUT2D eigenvalue weighted by Gasteiger charge is -2.09. The van der Waals surface area contributed by atoms with Crippen molar-refractivity contribution in [3.63, 3.8) is 0 Å². The minimum Gasteiger partial charge on any atom is -0.348 e.